The highest BCUT2D eigenvalue weighted by Gasteiger charge is 2.31. The largest absolute Gasteiger partial charge is 0.416 e. The molecule has 3 nitrogen and oxygen atoms in total. The summed E-state index contributed by atoms with van der Waals surface area (Å²) in [7, 11) is 0. The second kappa shape index (κ2) is 8.02. The van der Waals surface area contributed by atoms with Crippen LogP contribution < -0.4 is 5.73 Å². The monoisotopic (exact) mass is 350 g/mol. The number of alkyl halides is 3. The Morgan fingerprint density at radius 2 is 1.96 bits per heavy atom. The Balaban J connectivity index is 0.00000264. The third-order valence-corrected chi connectivity index (χ3v) is 4.26. The molecule has 1 fully saturated rings. The topological polar surface area (TPSA) is 46.3 Å². The lowest BCUT2D eigenvalue weighted by molar-refractivity contribution is -0.137. The number of benzene rings is 1. The Morgan fingerprint density at radius 3 is 2.48 bits per heavy atom. The van der Waals surface area contributed by atoms with E-state index in [1.165, 1.54) is 12.1 Å². The number of hydrogen-bond acceptors (Lipinski definition) is 2. The third-order valence-electron chi connectivity index (χ3n) is 4.26. The first-order valence-electron chi connectivity index (χ1n) is 7.49. The summed E-state index contributed by atoms with van der Waals surface area (Å²) in [5.41, 5.74) is 5.73. The molecule has 1 amide bonds. The van der Waals surface area contributed by atoms with Crippen LogP contribution in [0.15, 0.2) is 24.3 Å². The summed E-state index contributed by atoms with van der Waals surface area (Å²) in [6.45, 7) is 3.04. The van der Waals surface area contributed by atoms with Crippen LogP contribution >= 0.6 is 12.4 Å². The smallest absolute Gasteiger partial charge is 0.338 e. The number of likely N-dealkylation sites (tertiary alicyclic amines) is 1. The van der Waals surface area contributed by atoms with Crippen molar-refractivity contribution in [3.63, 3.8) is 0 Å². The van der Waals surface area contributed by atoms with Crippen molar-refractivity contribution in [2.75, 3.05) is 13.1 Å². The standard InChI is InChI=1S/C16H21F3N2O.ClH/c1-11(9-15(22)21-8-2-3-14(21)10-20)12-4-6-13(7-5-12)16(17,18)19;/h4-7,11,14H,2-3,8-10,20H2,1H3;1H. The van der Waals surface area contributed by atoms with Crippen molar-refractivity contribution in [3.05, 3.63) is 35.4 Å². The molecule has 1 aliphatic heterocycles. The molecule has 1 aromatic carbocycles. The van der Waals surface area contributed by atoms with E-state index >= 15 is 0 Å². The molecule has 2 rings (SSSR count). The van der Waals surface area contributed by atoms with E-state index in [0.29, 0.717) is 13.0 Å². The minimum atomic E-state index is -4.33. The zero-order chi connectivity index (χ0) is 16.3. The van der Waals surface area contributed by atoms with Crippen LogP contribution in [0.25, 0.3) is 0 Å². The zero-order valence-electron chi connectivity index (χ0n) is 13.0. The lowest BCUT2D eigenvalue weighted by Gasteiger charge is -2.25. The quantitative estimate of drug-likeness (QED) is 0.902. The molecule has 2 atom stereocenters. The molecule has 0 aromatic heterocycles. The fourth-order valence-electron chi connectivity index (χ4n) is 2.91. The summed E-state index contributed by atoms with van der Waals surface area (Å²) in [5, 5.41) is 0. The van der Waals surface area contributed by atoms with Gasteiger partial charge in [0, 0.05) is 25.6 Å². The molecule has 2 N–H and O–H groups in total. The van der Waals surface area contributed by atoms with Crippen LogP contribution in [-0.2, 0) is 11.0 Å². The normalized spacial score (nSPS) is 19.3. The van der Waals surface area contributed by atoms with Crippen LogP contribution in [-0.4, -0.2) is 29.9 Å². The molecule has 0 aliphatic carbocycles. The van der Waals surface area contributed by atoms with Gasteiger partial charge in [-0.1, -0.05) is 19.1 Å². The number of nitrogens with zero attached hydrogens (tertiary/aromatic N) is 1. The van der Waals surface area contributed by atoms with E-state index in [-0.39, 0.29) is 30.3 Å². The van der Waals surface area contributed by atoms with E-state index in [1.807, 2.05) is 6.92 Å². The summed E-state index contributed by atoms with van der Waals surface area (Å²) in [5.74, 6) is -0.0887. The van der Waals surface area contributed by atoms with Gasteiger partial charge in [0.15, 0.2) is 0 Å². The number of hydrogen-bond donors (Lipinski definition) is 1. The summed E-state index contributed by atoms with van der Waals surface area (Å²) in [4.78, 5) is 14.1. The van der Waals surface area contributed by atoms with E-state index in [2.05, 4.69) is 0 Å². The SMILES string of the molecule is CC(CC(=O)N1CCCC1CN)c1ccc(C(F)(F)F)cc1.Cl. The molecule has 7 heteroatoms. The van der Waals surface area contributed by atoms with Gasteiger partial charge in [-0.2, -0.15) is 13.2 Å². The molecule has 1 heterocycles. The van der Waals surface area contributed by atoms with E-state index in [0.717, 1.165) is 37.1 Å². The number of carbonyl (C=O) groups is 1. The number of amides is 1. The maximum atomic E-state index is 12.5. The number of rotatable bonds is 4. The summed E-state index contributed by atoms with van der Waals surface area (Å²) in [6, 6.07) is 5.13. The van der Waals surface area contributed by atoms with Gasteiger partial charge < -0.3 is 10.6 Å². The van der Waals surface area contributed by atoms with Crippen LogP contribution in [0.5, 0.6) is 0 Å². The second-order valence-electron chi connectivity index (χ2n) is 5.84. The zero-order valence-corrected chi connectivity index (χ0v) is 13.8. The highest BCUT2D eigenvalue weighted by molar-refractivity contribution is 5.85. The Bertz CT molecular complexity index is 519. The molecule has 23 heavy (non-hydrogen) atoms. The first-order chi connectivity index (χ1) is 10.3. The maximum absolute atomic E-state index is 12.5. The fraction of sp³-hybridized carbons (Fsp3) is 0.562. The van der Waals surface area contributed by atoms with Gasteiger partial charge in [0.05, 0.1) is 5.56 Å². The van der Waals surface area contributed by atoms with Gasteiger partial charge in [-0.05, 0) is 36.5 Å². The van der Waals surface area contributed by atoms with Crippen LogP contribution in [0.1, 0.15) is 43.2 Å². The molecule has 2 unspecified atom stereocenters. The first-order valence-corrected chi connectivity index (χ1v) is 7.49. The van der Waals surface area contributed by atoms with Crippen molar-refractivity contribution in [2.24, 2.45) is 5.73 Å². The van der Waals surface area contributed by atoms with Crippen molar-refractivity contribution >= 4 is 18.3 Å². The van der Waals surface area contributed by atoms with Gasteiger partial charge in [0.2, 0.25) is 5.91 Å². The van der Waals surface area contributed by atoms with Gasteiger partial charge in [0.1, 0.15) is 0 Å². The van der Waals surface area contributed by atoms with E-state index in [9.17, 15) is 18.0 Å². The van der Waals surface area contributed by atoms with Gasteiger partial charge in [-0.15, -0.1) is 12.4 Å². The molecule has 1 saturated heterocycles. The van der Waals surface area contributed by atoms with Crippen LogP contribution in [0.2, 0.25) is 0 Å². The Morgan fingerprint density at radius 1 is 1.35 bits per heavy atom. The Hall–Kier alpha value is -1.27. The second-order valence-corrected chi connectivity index (χ2v) is 5.84. The average molecular weight is 351 g/mol. The molecule has 1 aromatic rings. The fourth-order valence-corrected chi connectivity index (χ4v) is 2.91. The summed E-state index contributed by atoms with van der Waals surface area (Å²) >= 11 is 0. The lowest BCUT2D eigenvalue weighted by Crippen LogP contribution is -2.40. The lowest BCUT2D eigenvalue weighted by atomic mass is 9.96. The van der Waals surface area contributed by atoms with E-state index < -0.39 is 11.7 Å². The predicted octanol–water partition coefficient (Wildman–Crippen LogP) is 3.57. The molecule has 0 radical (unpaired) electrons. The van der Waals surface area contributed by atoms with Gasteiger partial charge in [0.25, 0.3) is 0 Å². The number of carbonyl (C=O) groups excluding carboxylic acids is 1. The van der Waals surface area contributed by atoms with Gasteiger partial charge in [-0.3, -0.25) is 4.79 Å². The molecule has 130 valence electrons. The highest BCUT2D eigenvalue weighted by Crippen LogP contribution is 2.31. The Labute approximate surface area is 140 Å². The maximum Gasteiger partial charge on any atom is 0.416 e. The number of halogens is 4. The van der Waals surface area contributed by atoms with Gasteiger partial charge in [-0.25, -0.2) is 0 Å². The average Bonchev–Trinajstić information content (AvgIpc) is 2.95. The Kier molecular flexibility index (Phi) is 6.89. The van der Waals surface area contributed by atoms with Crippen molar-refractivity contribution in [2.45, 2.75) is 44.3 Å². The summed E-state index contributed by atoms with van der Waals surface area (Å²) < 4.78 is 37.6. The predicted molar refractivity (Wildman–Crippen MR) is 85.5 cm³/mol. The molecule has 0 bridgehead atoms. The molecule has 0 spiro atoms. The van der Waals surface area contributed by atoms with Gasteiger partial charge >= 0.3 is 6.18 Å². The van der Waals surface area contributed by atoms with Crippen molar-refractivity contribution in [1.29, 1.82) is 0 Å². The van der Waals surface area contributed by atoms with E-state index in [1.54, 1.807) is 4.90 Å². The molecular weight excluding hydrogens is 329 g/mol. The first kappa shape index (κ1) is 19.8. The highest BCUT2D eigenvalue weighted by atomic mass is 35.5. The molecular formula is C16H22ClF3N2O. The third kappa shape index (κ3) is 4.85. The molecule has 1 aliphatic rings. The van der Waals surface area contributed by atoms with E-state index in [4.69, 9.17) is 5.73 Å². The van der Waals surface area contributed by atoms with Crippen molar-refractivity contribution in [1.82, 2.24) is 4.90 Å². The van der Waals surface area contributed by atoms with Crippen molar-refractivity contribution in [3.8, 4) is 0 Å². The number of nitrogens with two attached hydrogens (primary N) is 1. The summed E-state index contributed by atoms with van der Waals surface area (Å²) in [6.07, 6.45) is -2.15. The van der Waals surface area contributed by atoms with Crippen molar-refractivity contribution < 1.29 is 18.0 Å². The van der Waals surface area contributed by atoms with Crippen LogP contribution in [0, 0.1) is 0 Å². The minimum Gasteiger partial charge on any atom is -0.338 e. The van der Waals surface area contributed by atoms with Crippen LogP contribution in [0.4, 0.5) is 13.2 Å². The minimum absolute atomic E-state index is 0. The molecule has 0 saturated carbocycles. The van der Waals surface area contributed by atoms with Crippen LogP contribution in [0.3, 0.4) is 0 Å².